The molecule has 1 aliphatic rings. The number of nitrogens with zero attached hydrogens (tertiary/aromatic N) is 4. The van der Waals surface area contributed by atoms with E-state index in [4.69, 9.17) is 9.72 Å². The third-order valence-electron chi connectivity index (χ3n) is 5.54. The highest BCUT2D eigenvalue weighted by atomic mass is 32.1. The van der Waals surface area contributed by atoms with Crippen molar-refractivity contribution in [1.29, 1.82) is 0 Å². The minimum atomic E-state index is -0.225. The number of imidazole rings is 1. The Labute approximate surface area is 179 Å². The molecule has 5 rings (SSSR count). The van der Waals surface area contributed by atoms with Gasteiger partial charge in [-0.25, -0.2) is 9.78 Å². The summed E-state index contributed by atoms with van der Waals surface area (Å²) in [6.45, 7) is 5.80. The molecule has 6 nitrogen and oxygen atoms in total. The molecule has 2 aromatic carbocycles. The van der Waals surface area contributed by atoms with Gasteiger partial charge in [0.2, 0.25) is 5.95 Å². The Bertz CT molecular complexity index is 1180. The molecule has 0 spiro atoms. The summed E-state index contributed by atoms with van der Waals surface area (Å²) >= 11 is 1.74. The molecular weight excluding hydrogens is 396 g/mol. The molecule has 1 aliphatic heterocycles. The number of carbonyl (C=O) groups excluding carboxylic acids is 1. The van der Waals surface area contributed by atoms with Gasteiger partial charge in [0.15, 0.2) is 0 Å². The molecule has 1 fully saturated rings. The summed E-state index contributed by atoms with van der Waals surface area (Å²) in [5, 5.41) is 1.25. The Kier molecular flexibility index (Phi) is 5.04. The van der Waals surface area contributed by atoms with E-state index in [9.17, 15) is 4.79 Å². The van der Waals surface area contributed by atoms with Crippen LogP contribution < -0.4 is 4.90 Å². The fourth-order valence-corrected chi connectivity index (χ4v) is 5.14. The van der Waals surface area contributed by atoms with Crippen molar-refractivity contribution in [3.05, 3.63) is 60.2 Å². The first-order valence-electron chi connectivity index (χ1n) is 10.3. The van der Waals surface area contributed by atoms with Crippen molar-refractivity contribution in [3.8, 4) is 0 Å². The number of hydrogen-bond acceptors (Lipinski definition) is 5. The molecule has 0 aliphatic carbocycles. The van der Waals surface area contributed by atoms with Gasteiger partial charge in [0, 0.05) is 36.3 Å². The maximum Gasteiger partial charge on any atom is 0.409 e. The van der Waals surface area contributed by atoms with Gasteiger partial charge in [-0.3, -0.25) is 0 Å². The molecule has 1 saturated heterocycles. The van der Waals surface area contributed by atoms with Crippen LogP contribution in [0.4, 0.5) is 10.7 Å². The molecule has 1 amide bonds. The van der Waals surface area contributed by atoms with Gasteiger partial charge >= 0.3 is 6.09 Å². The number of benzene rings is 2. The van der Waals surface area contributed by atoms with Crippen LogP contribution in [0.3, 0.4) is 0 Å². The number of aromatic nitrogens is 2. The third-order valence-corrected chi connectivity index (χ3v) is 6.59. The van der Waals surface area contributed by atoms with Crippen LogP contribution in [0.5, 0.6) is 0 Å². The Morgan fingerprint density at radius 1 is 1.03 bits per heavy atom. The standard InChI is InChI=1S/C23H24N4O2S/c1-2-29-23(28)26-14-12-25(13-15-26)22-24-21-20(18-10-6-7-11-19(18)30-21)27(22)16-17-8-4-3-5-9-17/h3-11H,2,12-16H2,1H3. The van der Waals surface area contributed by atoms with Crippen LogP contribution in [0.25, 0.3) is 20.4 Å². The minimum absolute atomic E-state index is 0.225. The first-order chi connectivity index (χ1) is 14.7. The first kappa shape index (κ1) is 18.9. The van der Waals surface area contributed by atoms with E-state index in [1.807, 2.05) is 13.0 Å². The van der Waals surface area contributed by atoms with E-state index in [-0.39, 0.29) is 6.09 Å². The normalized spacial score (nSPS) is 14.6. The monoisotopic (exact) mass is 420 g/mol. The molecular formula is C23H24N4O2S. The smallest absolute Gasteiger partial charge is 0.409 e. The third kappa shape index (κ3) is 3.39. The summed E-state index contributed by atoms with van der Waals surface area (Å²) in [6.07, 6.45) is -0.225. The average Bonchev–Trinajstić information content (AvgIpc) is 3.31. The second kappa shape index (κ2) is 7.99. The van der Waals surface area contributed by atoms with Gasteiger partial charge in [-0.15, -0.1) is 11.3 Å². The van der Waals surface area contributed by atoms with Crippen molar-refractivity contribution < 1.29 is 9.53 Å². The Balaban J connectivity index is 1.52. The number of thiophene rings is 1. The van der Waals surface area contributed by atoms with Gasteiger partial charge in [0.1, 0.15) is 4.83 Å². The number of ether oxygens (including phenoxy) is 1. The number of carbonyl (C=O) groups is 1. The van der Waals surface area contributed by atoms with Gasteiger partial charge in [-0.05, 0) is 18.6 Å². The molecule has 4 aromatic rings. The molecule has 0 saturated carbocycles. The highest BCUT2D eigenvalue weighted by Crippen LogP contribution is 2.37. The lowest BCUT2D eigenvalue weighted by Gasteiger charge is -2.34. The summed E-state index contributed by atoms with van der Waals surface area (Å²) in [5.41, 5.74) is 2.45. The zero-order valence-corrected chi connectivity index (χ0v) is 17.8. The van der Waals surface area contributed by atoms with E-state index in [1.54, 1.807) is 16.2 Å². The lowest BCUT2D eigenvalue weighted by atomic mass is 10.2. The maximum atomic E-state index is 12.1. The van der Waals surface area contributed by atoms with Crippen LogP contribution in [-0.4, -0.2) is 53.3 Å². The number of hydrogen-bond donors (Lipinski definition) is 0. The SMILES string of the molecule is CCOC(=O)N1CCN(c2nc3sc4ccccc4c3n2Cc2ccccc2)CC1. The van der Waals surface area contributed by atoms with Crippen LogP contribution in [0.15, 0.2) is 54.6 Å². The summed E-state index contributed by atoms with van der Waals surface area (Å²) in [7, 11) is 0. The highest BCUT2D eigenvalue weighted by Gasteiger charge is 2.26. The maximum absolute atomic E-state index is 12.1. The molecule has 0 bridgehead atoms. The average molecular weight is 421 g/mol. The van der Waals surface area contributed by atoms with E-state index >= 15 is 0 Å². The van der Waals surface area contributed by atoms with Gasteiger partial charge in [-0.1, -0.05) is 48.5 Å². The van der Waals surface area contributed by atoms with Crippen LogP contribution >= 0.6 is 11.3 Å². The van der Waals surface area contributed by atoms with Crippen molar-refractivity contribution in [3.63, 3.8) is 0 Å². The Morgan fingerprint density at radius 2 is 1.77 bits per heavy atom. The van der Waals surface area contributed by atoms with Gasteiger partial charge in [0.05, 0.1) is 18.7 Å². The predicted octanol–water partition coefficient (Wildman–Crippen LogP) is 4.58. The number of fused-ring (bicyclic) bond motifs is 3. The lowest BCUT2D eigenvalue weighted by molar-refractivity contribution is 0.105. The van der Waals surface area contributed by atoms with Crippen molar-refractivity contribution in [1.82, 2.24) is 14.5 Å². The number of anilines is 1. The van der Waals surface area contributed by atoms with E-state index in [0.29, 0.717) is 19.7 Å². The summed E-state index contributed by atoms with van der Waals surface area (Å²) in [5.74, 6) is 0.981. The second-order valence-electron chi connectivity index (χ2n) is 7.41. The summed E-state index contributed by atoms with van der Waals surface area (Å²) in [6, 6.07) is 19.0. The van der Waals surface area contributed by atoms with E-state index in [1.165, 1.54) is 21.2 Å². The lowest BCUT2D eigenvalue weighted by Crippen LogP contribution is -2.49. The molecule has 7 heteroatoms. The van der Waals surface area contributed by atoms with Crippen LogP contribution in [0.2, 0.25) is 0 Å². The van der Waals surface area contributed by atoms with Crippen molar-refractivity contribution in [2.75, 3.05) is 37.7 Å². The fraction of sp³-hybridized carbons (Fsp3) is 0.304. The molecule has 30 heavy (non-hydrogen) atoms. The molecule has 0 unspecified atom stereocenters. The first-order valence-corrected chi connectivity index (χ1v) is 11.1. The molecule has 0 atom stereocenters. The Hall–Kier alpha value is -3.06. The molecule has 0 radical (unpaired) electrons. The van der Waals surface area contributed by atoms with Crippen LogP contribution in [-0.2, 0) is 11.3 Å². The van der Waals surface area contributed by atoms with Crippen molar-refractivity contribution >= 4 is 43.8 Å². The topological polar surface area (TPSA) is 50.6 Å². The summed E-state index contributed by atoms with van der Waals surface area (Å²) < 4.78 is 8.75. The van der Waals surface area contributed by atoms with Gasteiger partial charge < -0.3 is 19.1 Å². The molecule has 2 aromatic heterocycles. The zero-order valence-electron chi connectivity index (χ0n) is 17.0. The van der Waals surface area contributed by atoms with Crippen LogP contribution in [0.1, 0.15) is 12.5 Å². The number of rotatable bonds is 4. The highest BCUT2D eigenvalue weighted by molar-refractivity contribution is 7.25. The predicted molar refractivity (Wildman–Crippen MR) is 121 cm³/mol. The molecule has 0 N–H and O–H groups in total. The largest absolute Gasteiger partial charge is 0.450 e. The zero-order chi connectivity index (χ0) is 20.5. The van der Waals surface area contributed by atoms with Gasteiger partial charge in [-0.2, -0.15) is 0 Å². The van der Waals surface area contributed by atoms with E-state index in [2.05, 4.69) is 58.0 Å². The van der Waals surface area contributed by atoms with Crippen molar-refractivity contribution in [2.24, 2.45) is 0 Å². The van der Waals surface area contributed by atoms with E-state index in [0.717, 1.165) is 30.4 Å². The summed E-state index contributed by atoms with van der Waals surface area (Å²) in [4.78, 5) is 22.2. The minimum Gasteiger partial charge on any atom is -0.450 e. The fourth-order valence-electron chi connectivity index (χ4n) is 4.07. The molecule has 3 heterocycles. The van der Waals surface area contributed by atoms with Crippen LogP contribution in [0, 0.1) is 0 Å². The molecule has 154 valence electrons. The van der Waals surface area contributed by atoms with Crippen molar-refractivity contribution in [2.45, 2.75) is 13.5 Å². The number of piperazine rings is 1. The quantitative estimate of drug-likeness (QED) is 0.485. The number of amides is 1. The van der Waals surface area contributed by atoms with E-state index < -0.39 is 0 Å². The second-order valence-corrected chi connectivity index (χ2v) is 8.44. The van der Waals surface area contributed by atoms with Gasteiger partial charge in [0.25, 0.3) is 0 Å². The Morgan fingerprint density at radius 3 is 2.53 bits per heavy atom.